The van der Waals surface area contributed by atoms with Crippen LogP contribution in [0.3, 0.4) is 0 Å². The highest BCUT2D eigenvalue weighted by atomic mass is 35.5. The molecular weight excluding hydrogens is 540 g/mol. The molecule has 1 heterocycles. The molecule has 1 amide bonds. The predicted molar refractivity (Wildman–Crippen MR) is 170 cm³/mol. The number of thioether (sulfide) groups is 1. The summed E-state index contributed by atoms with van der Waals surface area (Å²) in [7, 11) is 0. The van der Waals surface area contributed by atoms with Gasteiger partial charge in [0.25, 0.3) is 5.91 Å². The van der Waals surface area contributed by atoms with Gasteiger partial charge < -0.3 is 19.7 Å². The molecule has 0 bridgehead atoms. The summed E-state index contributed by atoms with van der Waals surface area (Å²) < 4.78 is 11.8. The third kappa shape index (κ3) is 12.5. The van der Waals surface area contributed by atoms with Crippen molar-refractivity contribution in [2.24, 2.45) is 0 Å². The minimum absolute atomic E-state index is 0.106. The van der Waals surface area contributed by atoms with E-state index in [0.29, 0.717) is 23.1 Å². The van der Waals surface area contributed by atoms with Crippen molar-refractivity contribution in [3.63, 3.8) is 0 Å². The molecule has 0 spiro atoms. The first-order valence-electron chi connectivity index (χ1n) is 15.0. The van der Waals surface area contributed by atoms with Gasteiger partial charge in [0, 0.05) is 29.0 Å². The first-order valence-corrected chi connectivity index (χ1v) is 16.4. The number of carbonyl (C=O) groups is 1. The second-order valence-electron chi connectivity index (χ2n) is 10.6. The van der Waals surface area contributed by atoms with Crippen LogP contribution >= 0.6 is 23.4 Å². The van der Waals surface area contributed by atoms with Gasteiger partial charge in [-0.25, -0.2) is 0 Å². The largest absolute Gasteiger partial charge is 0.490 e. The minimum Gasteiger partial charge on any atom is -0.490 e. The van der Waals surface area contributed by atoms with Crippen LogP contribution < -0.4 is 14.8 Å². The number of unbranched alkanes of at least 4 members (excludes halogenated alkanes) is 11. The monoisotopic (exact) mass is 586 g/mol. The Morgan fingerprint density at radius 2 is 1.60 bits per heavy atom. The number of allylic oxidation sites excluding steroid dienone is 1. The molecule has 2 aromatic rings. The van der Waals surface area contributed by atoms with Gasteiger partial charge in [0.1, 0.15) is 0 Å². The lowest BCUT2D eigenvalue weighted by Crippen LogP contribution is -2.21. The summed E-state index contributed by atoms with van der Waals surface area (Å²) >= 11 is 8.01. The molecule has 0 radical (unpaired) electrons. The Morgan fingerprint density at radius 3 is 2.27 bits per heavy atom. The van der Waals surface area contributed by atoms with E-state index >= 15 is 0 Å². The molecule has 2 aromatic carbocycles. The van der Waals surface area contributed by atoms with Gasteiger partial charge in [-0.3, -0.25) is 4.79 Å². The van der Waals surface area contributed by atoms with Gasteiger partial charge in [0.2, 0.25) is 0 Å². The Kier molecular flexibility index (Phi) is 15.2. The van der Waals surface area contributed by atoms with Crippen LogP contribution in [-0.4, -0.2) is 29.9 Å². The minimum atomic E-state index is -0.216. The fourth-order valence-electron chi connectivity index (χ4n) is 4.74. The van der Waals surface area contributed by atoms with Crippen molar-refractivity contribution in [1.29, 1.82) is 0 Å². The molecule has 0 aliphatic carbocycles. The number of nitrogens with zero attached hydrogens (tertiary/aromatic N) is 1. The summed E-state index contributed by atoms with van der Waals surface area (Å²) in [5.41, 5.74) is 3.19. The highest BCUT2D eigenvalue weighted by Crippen LogP contribution is 2.31. The highest BCUT2D eigenvalue weighted by molar-refractivity contribution is 8.02. The molecule has 7 heteroatoms. The molecule has 0 saturated heterocycles. The average Bonchev–Trinajstić information content (AvgIpc) is 3.34. The van der Waals surface area contributed by atoms with Crippen LogP contribution in [0.15, 0.2) is 53.6 Å². The summed E-state index contributed by atoms with van der Waals surface area (Å²) in [5, 5.41) is 5.71. The first-order chi connectivity index (χ1) is 19.5. The second kappa shape index (κ2) is 18.9. The average molecular weight is 587 g/mol. The molecule has 1 N–H and O–H groups in total. The van der Waals surface area contributed by atoms with Gasteiger partial charge in [-0.05, 0) is 48.6 Å². The fraction of sp³-hybridized carbons (Fsp3) is 0.545. The number of ether oxygens (including phenoxy) is 2. The van der Waals surface area contributed by atoms with Crippen molar-refractivity contribution in [1.82, 2.24) is 4.90 Å². The van der Waals surface area contributed by atoms with Gasteiger partial charge in [0.05, 0.1) is 12.5 Å². The van der Waals surface area contributed by atoms with E-state index in [1.165, 1.54) is 69.9 Å². The third-order valence-electron chi connectivity index (χ3n) is 7.09. The summed E-state index contributed by atoms with van der Waals surface area (Å²) in [6, 6.07) is 13.2. The van der Waals surface area contributed by atoms with E-state index in [4.69, 9.17) is 21.1 Å². The Hall–Kier alpha value is -2.31. The summed E-state index contributed by atoms with van der Waals surface area (Å²) in [6.07, 6.45) is 15.6. The Labute approximate surface area is 251 Å². The molecule has 0 aromatic heterocycles. The van der Waals surface area contributed by atoms with Crippen molar-refractivity contribution < 1.29 is 14.3 Å². The lowest BCUT2D eigenvalue weighted by molar-refractivity contribution is -0.118. The molecule has 0 unspecified atom stereocenters. The number of rotatable bonds is 20. The molecule has 0 atom stereocenters. The topological polar surface area (TPSA) is 50.8 Å². The Bertz CT molecular complexity index is 1060. The van der Waals surface area contributed by atoms with E-state index < -0.39 is 0 Å². The van der Waals surface area contributed by atoms with Crippen molar-refractivity contribution in [2.45, 2.75) is 97.4 Å². The third-order valence-corrected chi connectivity index (χ3v) is 8.29. The zero-order chi connectivity index (χ0) is 28.4. The highest BCUT2D eigenvalue weighted by Gasteiger charge is 2.13. The number of anilines is 1. The number of hydrogen-bond acceptors (Lipinski definition) is 5. The van der Waals surface area contributed by atoms with Crippen molar-refractivity contribution >= 4 is 35.0 Å². The van der Waals surface area contributed by atoms with Gasteiger partial charge >= 0.3 is 0 Å². The van der Waals surface area contributed by atoms with Gasteiger partial charge in [0.15, 0.2) is 18.1 Å². The van der Waals surface area contributed by atoms with Gasteiger partial charge in [-0.15, -0.1) is 11.8 Å². The van der Waals surface area contributed by atoms with E-state index in [9.17, 15) is 4.79 Å². The smallest absolute Gasteiger partial charge is 0.262 e. The zero-order valence-corrected chi connectivity index (χ0v) is 26.0. The maximum Gasteiger partial charge on any atom is 0.262 e. The number of carbonyl (C=O) groups excluding carboxylic acids is 1. The quantitative estimate of drug-likeness (QED) is 0.156. The van der Waals surface area contributed by atoms with Gasteiger partial charge in [-0.2, -0.15) is 0 Å². The first kappa shape index (κ1) is 32.2. The normalized spacial score (nSPS) is 12.9. The zero-order valence-electron chi connectivity index (χ0n) is 24.4. The molecule has 220 valence electrons. The van der Waals surface area contributed by atoms with Crippen LogP contribution in [0, 0.1) is 0 Å². The molecule has 1 aliphatic rings. The molecule has 40 heavy (non-hydrogen) atoms. The van der Waals surface area contributed by atoms with Crippen LogP contribution in [0.1, 0.15) is 96.5 Å². The summed E-state index contributed by atoms with van der Waals surface area (Å²) in [4.78, 5) is 14.9. The van der Waals surface area contributed by atoms with Crippen LogP contribution in [-0.2, 0) is 11.3 Å². The Morgan fingerprint density at radius 1 is 0.900 bits per heavy atom. The van der Waals surface area contributed by atoms with Gasteiger partial charge in [-0.1, -0.05) is 101 Å². The molecular formula is C33H47ClN2O3S. The van der Waals surface area contributed by atoms with E-state index in [1.807, 2.05) is 18.2 Å². The van der Waals surface area contributed by atoms with E-state index in [0.717, 1.165) is 36.5 Å². The molecule has 5 nitrogen and oxygen atoms in total. The lowest BCUT2D eigenvalue weighted by Gasteiger charge is -2.19. The molecule has 1 aliphatic heterocycles. The second-order valence-corrected chi connectivity index (χ2v) is 11.9. The summed E-state index contributed by atoms with van der Waals surface area (Å²) in [5.74, 6) is 1.85. The molecule has 0 fully saturated rings. The number of nitrogens with one attached hydrogen (secondary N) is 1. The fourth-order valence-corrected chi connectivity index (χ4v) is 5.84. The SMILES string of the molecule is CCCCCCCCCCCCCCOc1cc(Cl)ccc1OCC(=O)Nc1cccc(CN2CSC=C2C)c1. The van der Waals surface area contributed by atoms with E-state index in [1.54, 1.807) is 30.0 Å². The van der Waals surface area contributed by atoms with Crippen LogP contribution in [0.4, 0.5) is 5.69 Å². The van der Waals surface area contributed by atoms with E-state index in [2.05, 4.69) is 35.5 Å². The van der Waals surface area contributed by atoms with E-state index in [-0.39, 0.29) is 12.5 Å². The van der Waals surface area contributed by atoms with Crippen LogP contribution in [0.25, 0.3) is 0 Å². The number of benzene rings is 2. The predicted octanol–water partition coefficient (Wildman–Crippen LogP) is 9.80. The standard InChI is InChI=1S/C33H47ClN2O3S/c1-3-4-5-6-7-8-9-10-11-12-13-14-20-38-32-22-29(34)18-19-31(32)39-24-33(37)35-30-17-15-16-28(21-30)23-36-26-40-25-27(36)2/h15-19,21-22,25H,3-14,20,23-24,26H2,1-2H3,(H,35,37). The lowest BCUT2D eigenvalue weighted by atomic mass is 10.1. The number of amides is 1. The van der Waals surface area contributed by atoms with Crippen molar-refractivity contribution in [2.75, 3.05) is 24.4 Å². The number of halogens is 1. The molecule has 3 rings (SSSR count). The van der Waals surface area contributed by atoms with Crippen LogP contribution in [0.2, 0.25) is 5.02 Å². The van der Waals surface area contributed by atoms with Crippen molar-refractivity contribution in [3.05, 3.63) is 64.2 Å². The maximum atomic E-state index is 12.6. The molecule has 0 saturated carbocycles. The maximum absolute atomic E-state index is 12.6. The van der Waals surface area contributed by atoms with Crippen LogP contribution in [0.5, 0.6) is 11.5 Å². The Balaban J connectivity index is 1.33. The number of hydrogen-bond donors (Lipinski definition) is 1. The van der Waals surface area contributed by atoms with Crippen molar-refractivity contribution in [3.8, 4) is 11.5 Å². The summed E-state index contributed by atoms with van der Waals surface area (Å²) in [6.45, 7) is 5.71.